The third-order valence-corrected chi connectivity index (χ3v) is 8.33. The van der Waals surface area contributed by atoms with Crippen molar-refractivity contribution in [2.45, 2.75) is 110 Å². The fourth-order valence-corrected chi connectivity index (χ4v) is 5.73. The van der Waals surface area contributed by atoms with E-state index in [1.165, 1.54) is 96.3 Å². The zero-order valence-corrected chi connectivity index (χ0v) is 26.7. The molecule has 0 aliphatic carbocycles. The van der Waals surface area contributed by atoms with Crippen LogP contribution >= 0.6 is 0 Å². The van der Waals surface area contributed by atoms with E-state index >= 15 is 0 Å². The van der Waals surface area contributed by atoms with Crippen molar-refractivity contribution >= 4 is 17.9 Å². The summed E-state index contributed by atoms with van der Waals surface area (Å²) < 4.78 is 0. The van der Waals surface area contributed by atoms with E-state index in [4.69, 9.17) is 0 Å². The molecule has 1 fully saturated rings. The van der Waals surface area contributed by atoms with Crippen LogP contribution in [0, 0.1) is 0 Å². The molecule has 246 valence electrons. The number of carboxylic acid groups (broad SMARTS) is 3. The number of hydrogen-bond acceptors (Lipinski definition) is 7. The van der Waals surface area contributed by atoms with Gasteiger partial charge in [0.1, 0.15) is 0 Å². The summed E-state index contributed by atoms with van der Waals surface area (Å²) >= 11 is 0. The quantitative estimate of drug-likeness (QED) is 0.142. The first-order valence-electron chi connectivity index (χ1n) is 16.8. The fraction of sp³-hybridized carbons (Fsp3) is 0.906. The smallest absolute Gasteiger partial charge is 0.317 e. The topological polar surface area (TPSA) is 125 Å². The summed E-state index contributed by atoms with van der Waals surface area (Å²) in [5.41, 5.74) is 0. The largest absolute Gasteiger partial charge is 0.480 e. The summed E-state index contributed by atoms with van der Waals surface area (Å²) in [6.45, 7) is 7.30. The van der Waals surface area contributed by atoms with Crippen molar-refractivity contribution in [3.8, 4) is 0 Å². The third-order valence-electron chi connectivity index (χ3n) is 8.33. The molecule has 0 atom stereocenters. The molecule has 42 heavy (non-hydrogen) atoms. The average Bonchev–Trinajstić information content (AvgIpc) is 2.93. The summed E-state index contributed by atoms with van der Waals surface area (Å²) in [6, 6.07) is 0. The van der Waals surface area contributed by atoms with Crippen LogP contribution in [-0.4, -0.2) is 131 Å². The van der Waals surface area contributed by atoms with Crippen LogP contribution in [-0.2, 0) is 14.4 Å². The monoisotopic (exact) mass is 598 g/mol. The molecule has 10 nitrogen and oxygen atoms in total. The minimum atomic E-state index is -0.943. The minimum absolute atomic E-state index is 0.0705. The summed E-state index contributed by atoms with van der Waals surface area (Å²) in [5, 5.41) is 28.1. The maximum atomic E-state index is 11.4. The Morgan fingerprint density at radius 3 is 0.905 bits per heavy atom. The molecule has 0 radical (unpaired) electrons. The van der Waals surface area contributed by atoms with E-state index < -0.39 is 17.9 Å². The molecule has 0 saturated carbocycles. The standard InChI is InChI=1S/C32H62N4O6/c1-2-3-4-5-6-7-8-9-10-11-12-13-14-15-16-17-18-33-19-21-34(27-30(37)38)23-25-36(29-32(41)42)26-24-35(22-20-33)28-31(39)40/h2-29H2,1H3,(H,37,38)(H,39,40)(H,41,42). The fourth-order valence-electron chi connectivity index (χ4n) is 5.73. The number of carboxylic acids is 3. The van der Waals surface area contributed by atoms with Crippen molar-refractivity contribution < 1.29 is 29.7 Å². The highest BCUT2D eigenvalue weighted by molar-refractivity contribution is 5.69. The first kappa shape index (κ1) is 38.3. The molecular formula is C32H62N4O6. The molecule has 1 aliphatic rings. The van der Waals surface area contributed by atoms with Crippen molar-refractivity contribution in [1.29, 1.82) is 0 Å². The lowest BCUT2D eigenvalue weighted by Gasteiger charge is -2.33. The number of carbonyl (C=O) groups is 3. The van der Waals surface area contributed by atoms with E-state index in [0.29, 0.717) is 52.4 Å². The Hall–Kier alpha value is -1.75. The molecule has 0 aromatic rings. The van der Waals surface area contributed by atoms with Gasteiger partial charge in [-0.1, -0.05) is 103 Å². The van der Waals surface area contributed by atoms with Crippen molar-refractivity contribution in [2.75, 3.05) is 78.5 Å². The second kappa shape index (κ2) is 25.7. The number of hydrogen-bond donors (Lipinski definition) is 3. The highest BCUT2D eigenvalue weighted by atomic mass is 16.4. The molecule has 0 aromatic carbocycles. The predicted octanol–water partition coefficient (Wildman–Crippen LogP) is 4.72. The van der Waals surface area contributed by atoms with Crippen LogP contribution < -0.4 is 0 Å². The van der Waals surface area contributed by atoms with Gasteiger partial charge in [0.25, 0.3) is 0 Å². The Bertz CT molecular complexity index is 678. The number of rotatable bonds is 23. The Kier molecular flexibility index (Phi) is 23.4. The van der Waals surface area contributed by atoms with Crippen LogP contribution in [0.4, 0.5) is 0 Å². The van der Waals surface area contributed by atoms with Gasteiger partial charge in [-0.2, -0.15) is 0 Å². The van der Waals surface area contributed by atoms with E-state index in [1.807, 2.05) is 9.80 Å². The third kappa shape index (κ3) is 22.8. The van der Waals surface area contributed by atoms with Gasteiger partial charge in [0.15, 0.2) is 0 Å². The molecule has 1 saturated heterocycles. The molecule has 0 amide bonds. The van der Waals surface area contributed by atoms with Gasteiger partial charge in [0.05, 0.1) is 19.6 Å². The van der Waals surface area contributed by atoms with Crippen molar-refractivity contribution in [3.63, 3.8) is 0 Å². The first-order valence-corrected chi connectivity index (χ1v) is 16.8. The van der Waals surface area contributed by atoms with E-state index in [0.717, 1.165) is 13.0 Å². The van der Waals surface area contributed by atoms with Gasteiger partial charge in [-0.25, -0.2) is 0 Å². The Morgan fingerprint density at radius 1 is 0.405 bits per heavy atom. The molecule has 0 spiro atoms. The van der Waals surface area contributed by atoms with Gasteiger partial charge >= 0.3 is 17.9 Å². The van der Waals surface area contributed by atoms with E-state index in [-0.39, 0.29) is 19.6 Å². The summed E-state index contributed by atoms with van der Waals surface area (Å²) in [4.78, 5) is 42.1. The first-order chi connectivity index (χ1) is 20.3. The van der Waals surface area contributed by atoms with Gasteiger partial charge < -0.3 is 20.2 Å². The van der Waals surface area contributed by atoms with Crippen LogP contribution in [0.5, 0.6) is 0 Å². The lowest BCUT2D eigenvalue weighted by atomic mass is 10.0. The molecule has 1 rings (SSSR count). The van der Waals surface area contributed by atoms with Crippen LogP contribution in [0.3, 0.4) is 0 Å². The van der Waals surface area contributed by atoms with Crippen molar-refractivity contribution in [1.82, 2.24) is 19.6 Å². The van der Waals surface area contributed by atoms with Gasteiger partial charge in [0, 0.05) is 52.4 Å². The van der Waals surface area contributed by atoms with Gasteiger partial charge in [0.2, 0.25) is 0 Å². The zero-order chi connectivity index (χ0) is 30.8. The molecule has 3 N–H and O–H groups in total. The zero-order valence-electron chi connectivity index (χ0n) is 26.7. The van der Waals surface area contributed by atoms with Crippen LogP contribution in [0.25, 0.3) is 0 Å². The average molecular weight is 599 g/mol. The molecule has 0 bridgehead atoms. The van der Waals surface area contributed by atoms with Crippen molar-refractivity contribution in [3.05, 3.63) is 0 Å². The number of nitrogens with zero attached hydrogens (tertiary/aromatic N) is 4. The SMILES string of the molecule is CCCCCCCCCCCCCCCCCCN1CCN(CC(=O)O)CCN(CC(=O)O)CCN(CC(=O)O)CC1. The molecule has 0 unspecified atom stereocenters. The summed E-state index contributed by atoms with van der Waals surface area (Å²) in [6.07, 6.45) is 21.3. The molecule has 1 aliphatic heterocycles. The lowest BCUT2D eigenvalue weighted by Crippen LogP contribution is -2.48. The predicted molar refractivity (Wildman–Crippen MR) is 168 cm³/mol. The Balaban J connectivity index is 2.37. The summed E-state index contributed by atoms with van der Waals surface area (Å²) in [5.74, 6) is -2.71. The van der Waals surface area contributed by atoms with Crippen LogP contribution in [0.15, 0.2) is 0 Å². The number of unbranched alkanes of at least 4 members (excludes halogenated alkanes) is 15. The maximum Gasteiger partial charge on any atom is 0.317 e. The highest BCUT2D eigenvalue weighted by Crippen LogP contribution is 2.14. The maximum absolute atomic E-state index is 11.4. The minimum Gasteiger partial charge on any atom is -0.480 e. The lowest BCUT2D eigenvalue weighted by molar-refractivity contribution is -0.140. The van der Waals surface area contributed by atoms with Crippen LogP contribution in [0.1, 0.15) is 110 Å². The highest BCUT2D eigenvalue weighted by Gasteiger charge is 2.20. The number of aliphatic carboxylic acids is 3. The van der Waals surface area contributed by atoms with E-state index in [9.17, 15) is 29.7 Å². The second-order valence-electron chi connectivity index (χ2n) is 12.2. The van der Waals surface area contributed by atoms with Gasteiger partial charge in [-0.15, -0.1) is 0 Å². The Labute approximate surface area is 255 Å². The van der Waals surface area contributed by atoms with E-state index in [1.54, 1.807) is 4.90 Å². The molecule has 0 aromatic heterocycles. The van der Waals surface area contributed by atoms with Crippen LogP contribution in [0.2, 0.25) is 0 Å². The molecular weight excluding hydrogens is 536 g/mol. The normalized spacial score (nSPS) is 17.1. The van der Waals surface area contributed by atoms with E-state index in [2.05, 4.69) is 11.8 Å². The Morgan fingerprint density at radius 2 is 0.643 bits per heavy atom. The van der Waals surface area contributed by atoms with Crippen molar-refractivity contribution in [2.24, 2.45) is 0 Å². The molecule has 10 heteroatoms. The molecule has 1 heterocycles. The second-order valence-corrected chi connectivity index (χ2v) is 12.2. The van der Waals surface area contributed by atoms with Gasteiger partial charge in [-0.3, -0.25) is 29.1 Å². The summed E-state index contributed by atoms with van der Waals surface area (Å²) in [7, 11) is 0. The van der Waals surface area contributed by atoms with Gasteiger partial charge in [-0.05, 0) is 13.0 Å².